The van der Waals surface area contributed by atoms with Crippen molar-refractivity contribution >= 4 is 13.0 Å². The second kappa shape index (κ2) is 4.85. The summed E-state index contributed by atoms with van der Waals surface area (Å²) in [4.78, 5) is 10.1. The fourth-order valence-corrected chi connectivity index (χ4v) is 0.872. The van der Waals surface area contributed by atoms with Crippen molar-refractivity contribution in [3.63, 3.8) is 0 Å². The van der Waals surface area contributed by atoms with Crippen molar-refractivity contribution in [1.82, 2.24) is 0 Å². The van der Waals surface area contributed by atoms with Crippen LogP contribution in [0.5, 0.6) is 0 Å². The first-order chi connectivity index (χ1) is 4.84. The Labute approximate surface area is 72.3 Å². The van der Waals surface area contributed by atoms with Crippen molar-refractivity contribution in [2.75, 3.05) is 6.54 Å². The van der Waals surface area contributed by atoms with Gasteiger partial charge in [-0.2, -0.15) is 0 Å². The standard InChI is InChI=1S/C8H10NO.ClH/c1-9-6-3-2-4-8(9)5-7-10;/h2-4,7H,1,5-6H2;1H/q+1;/p-1. The van der Waals surface area contributed by atoms with Crippen molar-refractivity contribution in [3.8, 4) is 0 Å². The average molecular weight is 172 g/mol. The number of carbonyl (C=O) groups excluding carboxylic acids is 1. The van der Waals surface area contributed by atoms with Crippen molar-refractivity contribution in [2.24, 2.45) is 0 Å². The minimum atomic E-state index is 0. The third kappa shape index (κ3) is 2.68. The first-order valence-corrected chi connectivity index (χ1v) is 3.22. The number of rotatable bonds is 2. The summed E-state index contributed by atoms with van der Waals surface area (Å²) in [6.45, 7) is 4.56. The Hall–Kier alpha value is -0.890. The molecule has 0 fully saturated rings. The molecule has 3 heteroatoms. The fourth-order valence-electron chi connectivity index (χ4n) is 0.872. The van der Waals surface area contributed by atoms with Crippen LogP contribution in [0.15, 0.2) is 23.9 Å². The van der Waals surface area contributed by atoms with Crippen LogP contribution in [-0.2, 0) is 4.79 Å². The molecule has 11 heavy (non-hydrogen) atoms. The monoisotopic (exact) mass is 171 g/mol. The molecule has 0 N–H and O–H groups in total. The summed E-state index contributed by atoms with van der Waals surface area (Å²) < 4.78 is 1.81. The van der Waals surface area contributed by atoms with Gasteiger partial charge < -0.3 is 17.2 Å². The minimum Gasteiger partial charge on any atom is -1.00 e. The van der Waals surface area contributed by atoms with E-state index in [0.29, 0.717) is 6.42 Å². The van der Waals surface area contributed by atoms with Crippen molar-refractivity contribution in [3.05, 3.63) is 23.9 Å². The van der Waals surface area contributed by atoms with Gasteiger partial charge in [0.25, 0.3) is 0 Å². The van der Waals surface area contributed by atoms with E-state index in [0.717, 1.165) is 18.5 Å². The Balaban J connectivity index is 0.000001000. The van der Waals surface area contributed by atoms with Gasteiger partial charge in [-0.15, -0.1) is 0 Å². The molecule has 60 valence electrons. The molecule has 0 spiro atoms. The minimum absolute atomic E-state index is 0. The molecule has 0 radical (unpaired) electrons. The quantitative estimate of drug-likeness (QED) is 0.340. The summed E-state index contributed by atoms with van der Waals surface area (Å²) in [7, 11) is 0. The lowest BCUT2D eigenvalue weighted by molar-refractivity contribution is -0.459. The zero-order valence-electron chi connectivity index (χ0n) is 6.16. The molecule has 2 nitrogen and oxygen atoms in total. The molecule has 0 aromatic carbocycles. The molecule has 0 atom stereocenters. The summed E-state index contributed by atoms with van der Waals surface area (Å²) in [6.07, 6.45) is 7.21. The van der Waals surface area contributed by atoms with Crippen LogP contribution in [0, 0.1) is 0 Å². The fraction of sp³-hybridized carbons (Fsp3) is 0.250. The van der Waals surface area contributed by atoms with Gasteiger partial charge in [0, 0.05) is 6.08 Å². The van der Waals surface area contributed by atoms with Crippen LogP contribution >= 0.6 is 0 Å². The van der Waals surface area contributed by atoms with E-state index in [1.54, 1.807) is 0 Å². The molecular weight excluding hydrogens is 162 g/mol. The van der Waals surface area contributed by atoms with E-state index in [2.05, 4.69) is 6.72 Å². The number of allylic oxidation sites excluding steroid dienone is 3. The summed E-state index contributed by atoms with van der Waals surface area (Å²) in [5.41, 5.74) is 0.984. The third-order valence-corrected chi connectivity index (χ3v) is 1.45. The highest BCUT2D eigenvalue weighted by molar-refractivity contribution is 5.53. The van der Waals surface area contributed by atoms with E-state index in [9.17, 15) is 4.79 Å². The van der Waals surface area contributed by atoms with Gasteiger partial charge in [0.1, 0.15) is 13.0 Å². The van der Waals surface area contributed by atoms with E-state index >= 15 is 0 Å². The first kappa shape index (κ1) is 10.1. The van der Waals surface area contributed by atoms with Crippen LogP contribution in [0.1, 0.15) is 6.42 Å². The van der Waals surface area contributed by atoms with Gasteiger partial charge in [-0.25, -0.2) is 4.58 Å². The number of hydrogen-bond acceptors (Lipinski definition) is 1. The maximum atomic E-state index is 10.1. The van der Waals surface area contributed by atoms with Crippen molar-refractivity contribution < 1.29 is 21.8 Å². The molecule has 0 aliphatic carbocycles. The Morgan fingerprint density at radius 1 is 1.73 bits per heavy atom. The summed E-state index contributed by atoms with van der Waals surface area (Å²) in [5.74, 6) is 0. The second-order valence-corrected chi connectivity index (χ2v) is 2.18. The highest BCUT2D eigenvalue weighted by Crippen LogP contribution is 2.04. The van der Waals surface area contributed by atoms with E-state index < -0.39 is 0 Å². The van der Waals surface area contributed by atoms with Gasteiger partial charge in [-0.05, 0) is 6.08 Å². The Morgan fingerprint density at radius 2 is 2.45 bits per heavy atom. The van der Waals surface area contributed by atoms with Crippen LogP contribution in [0.4, 0.5) is 0 Å². The summed E-state index contributed by atoms with van der Waals surface area (Å²) >= 11 is 0. The van der Waals surface area contributed by atoms with Gasteiger partial charge >= 0.3 is 0 Å². The van der Waals surface area contributed by atoms with E-state index in [1.165, 1.54) is 0 Å². The van der Waals surface area contributed by atoms with Gasteiger partial charge in [0.2, 0.25) is 0 Å². The van der Waals surface area contributed by atoms with Gasteiger partial charge in [0.15, 0.2) is 12.2 Å². The normalized spacial score (nSPS) is 15.3. The molecule has 0 amide bonds. The summed E-state index contributed by atoms with van der Waals surface area (Å²) in [5, 5.41) is 0. The highest BCUT2D eigenvalue weighted by Gasteiger charge is 2.09. The maximum absolute atomic E-state index is 10.1. The molecule has 1 aliphatic heterocycles. The Bertz CT molecular complexity index is 218. The van der Waals surface area contributed by atoms with Crippen LogP contribution in [-0.4, -0.2) is 24.1 Å². The topological polar surface area (TPSA) is 20.1 Å². The number of nitrogens with zero attached hydrogens (tertiary/aromatic N) is 1. The van der Waals surface area contributed by atoms with Gasteiger partial charge in [-0.1, -0.05) is 6.08 Å². The molecule has 1 aliphatic rings. The lowest BCUT2D eigenvalue weighted by atomic mass is 10.2. The molecule has 0 bridgehead atoms. The lowest BCUT2D eigenvalue weighted by Gasteiger charge is -2.01. The van der Waals surface area contributed by atoms with Gasteiger partial charge in [-0.3, -0.25) is 0 Å². The largest absolute Gasteiger partial charge is 1.00 e. The lowest BCUT2D eigenvalue weighted by Crippen LogP contribution is -3.00. The first-order valence-electron chi connectivity index (χ1n) is 3.22. The molecule has 0 aromatic rings. The van der Waals surface area contributed by atoms with Crippen molar-refractivity contribution in [1.29, 1.82) is 0 Å². The molecule has 0 unspecified atom stereocenters. The smallest absolute Gasteiger partial charge is 0.188 e. The zero-order valence-corrected chi connectivity index (χ0v) is 6.92. The predicted molar refractivity (Wildman–Crippen MR) is 40.2 cm³/mol. The molecule has 1 heterocycles. The average Bonchev–Trinajstić information content (AvgIpc) is 1.94. The summed E-state index contributed by atoms with van der Waals surface area (Å²) in [6, 6.07) is 0. The van der Waals surface area contributed by atoms with Gasteiger partial charge in [0.05, 0.1) is 6.42 Å². The molecule has 0 aromatic heterocycles. The van der Waals surface area contributed by atoms with Crippen LogP contribution < -0.4 is 12.4 Å². The van der Waals surface area contributed by atoms with Crippen LogP contribution in [0.3, 0.4) is 0 Å². The maximum Gasteiger partial charge on any atom is 0.188 e. The number of aldehydes is 1. The predicted octanol–water partition coefficient (Wildman–Crippen LogP) is -2.25. The van der Waals surface area contributed by atoms with Crippen LogP contribution in [0.25, 0.3) is 0 Å². The second-order valence-electron chi connectivity index (χ2n) is 2.18. The third-order valence-electron chi connectivity index (χ3n) is 1.45. The van der Waals surface area contributed by atoms with Crippen molar-refractivity contribution in [2.45, 2.75) is 6.42 Å². The zero-order chi connectivity index (χ0) is 7.40. The molecule has 0 saturated heterocycles. The number of carbonyl (C=O) groups is 1. The number of halogens is 1. The van der Waals surface area contributed by atoms with E-state index in [1.807, 2.05) is 22.8 Å². The molecule has 0 saturated carbocycles. The van der Waals surface area contributed by atoms with Crippen LogP contribution in [0.2, 0.25) is 0 Å². The molecular formula is C8H10ClNO. The number of hydrogen-bond donors (Lipinski definition) is 0. The Morgan fingerprint density at radius 3 is 3.00 bits per heavy atom. The SMILES string of the molecule is C=[N+]1CC=CC=C1CC=O.[Cl-]. The highest BCUT2D eigenvalue weighted by atomic mass is 35.5. The molecule has 1 rings (SSSR count). The van der Waals surface area contributed by atoms with E-state index in [4.69, 9.17) is 0 Å². The van der Waals surface area contributed by atoms with E-state index in [-0.39, 0.29) is 12.4 Å². The Kier molecular flexibility index (Phi) is 4.46.